The van der Waals surface area contributed by atoms with E-state index in [1.54, 1.807) is 21.3 Å². The Hall–Kier alpha value is 0.0169. The van der Waals surface area contributed by atoms with Crippen LogP contribution in [-0.2, 0) is 13.3 Å². The van der Waals surface area contributed by atoms with Gasteiger partial charge >= 0.3 is 8.97 Å². The van der Waals surface area contributed by atoms with Crippen molar-refractivity contribution in [2.45, 2.75) is 116 Å². The number of rotatable bonds is 25. The van der Waals surface area contributed by atoms with Crippen LogP contribution >= 0.6 is 0 Å². The first-order chi connectivity index (χ1) is 15.5. The predicted molar refractivity (Wildman–Crippen MR) is 141 cm³/mol. The minimum atomic E-state index is -2.65. The van der Waals surface area contributed by atoms with Crippen LogP contribution in [0, 0.1) is 0 Å². The van der Waals surface area contributed by atoms with Gasteiger partial charge in [-0.25, -0.2) is 0 Å². The van der Waals surface area contributed by atoms with E-state index in [0.29, 0.717) is 4.15 Å². The minimum absolute atomic E-state index is 0.650. The number of hydrogen-bond donors (Lipinski definition) is 1. The van der Waals surface area contributed by atoms with Crippen LogP contribution in [0.25, 0.3) is 0 Å². The van der Waals surface area contributed by atoms with Crippen molar-refractivity contribution in [2.24, 2.45) is 0 Å². The number of unbranched alkanes of at least 4 members (excludes halogenated alkanes) is 15. The second-order valence-electron chi connectivity index (χ2n) is 9.95. The summed E-state index contributed by atoms with van der Waals surface area (Å²) in [5.74, 6) is 0. The lowest BCUT2D eigenvalue weighted by atomic mass is 10.0. The van der Waals surface area contributed by atoms with Gasteiger partial charge in [0.05, 0.1) is 20.6 Å². The van der Waals surface area contributed by atoms with Gasteiger partial charge in [-0.15, -0.1) is 0 Å². The molecule has 0 fully saturated rings. The van der Waals surface area contributed by atoms with E-state index in [-0.39, 0.29) is 0 Å². The summed E-state index contributed by atoms with van der Waals surface area (Å²) in [6, 6.07) is 0. The van der Waals surface area contributed by atoms with Crippen LogP contribution in [0.4, 0.5) is 0 Å². The third-order valence-electron chi connectivity index (χ3n) is 6.79. The van der Waals surface area contributed by atoms with Crippen LogP contribution in [0.2, 0.25) is 0 Å². The summed E-state index contributed by atoms with van der Waals surface area (Å²) in [5, 5.41) is 3.60. The zero-order valence-corrected chi connectivity index (χ0v) is 23.8. The van der Waals surface area contributed by atoms with Crippen LogP contribution in [0.5, 0.6) is 0 Å². The first kappa shape index (κ1) is 32.0. The van der Waals surface area contributed by atoms with Gasteiger partial charge in [0.1, 0.15) is 0 Å². The molecule has 0 rings (SSSR count). The maximum absolute atomic E-state index is 5.64. The van der Waals surface area contributed by atoms with E-state index in [1.165, 1.54) is 103 Å². The molecule has 1 N–H and O–H groups in total. The van der Waals surface area contributed by atoms with Crippen molar-refractivity contribution in [3.05, 3.63) is 0 Å². The highest BCUT2D eigenvalue weighted by atomic mass is 28.4. The molecule has 0 amide bonds. The molecule has 0 unspecified atom stereocenters. The molecular formula is C26H59N2O3Si+. The molecular weight excluding hydrogens is 416 g/mol. The molecule has 0 aromatic rings. The van der Waals surface area contributed by atoms with Crippen LogP contribution in [0.15, 0.2) is 0 Å². The fraction of sp³-hybridized carbons (Fsp3) is 1.00. The van der Waals surface area contributed by atoms with Gasteiger partial charge < -0.3 is 22.7 Å². The lowest BCUT2D eigenvalue weighted by Crippen LogP contribution is -2.68. The topological polar surface area (TPSA) is 39.7 Å². The summed E-state index contributed by atoms with van der Waals surface area (Å²) in [6.07, 6.45) is 23.9. The highest BCUT2D eigenvalue weighted by Gasteiger charge is 2.59. The average molecular weight is 476 g/mol. The van der Waals surface area contributed by atoms with Crippen molar-refractivity contribution in [1.29, 1.82) is 0 Å². The van der Waals surface area contributed by atoms with Crippen molar-refractivity contribution in [3.63, 3.8) is 0 Å². The van der Waals surface area contributed by atoms with Crippen molar-refractivity contribution < 1.29 is 17.4 Å². The van der Waals surface area contributed by atoms with E-state index in [4.69, 9.17) is 13.3 Å². The van der Waals surface area contributed by atoms with Crippen molar-refractivity contribution >= 4 is 8.97 Å². The van der Waals surface area contributed by atoms with E-state index in [9.17, 15) is 0 Å². The maximum atomic E-state index is 5.64. The molecule has 0 bridgehead atoms. The highest BCUT2D eigenvalue weighted by Crippen LogP contribution is 2.19. The van der Waals surface area contributed by atoms with E-state index < -0.39 is 8.97 Å². The fourth-order valence-electron chi connectivity index (χ4n) is 4.65. The monoisotopic (exact) mass is 475 g/mol. The second kappa shape index (κ2) is 21.5. The van der Waals surface area contributed by atoms with Gasteiger partial charge in [0.15, 0.2) is 0 Å². The van der Waals surface area contributed by atoms with Gasteiger partial charge in [0, 0.05) is 34.3 Å². The Morgan fingerprint density at radius 1 is 0.531 bits per heavy atom. The highest BCUT2D eigenvalue weighted by molar-refractivity contribution is 6.52. The van der Waals surface area contributed by atoms with Gasteiger partial charge in [-0.2, -0.15) is 0 Å². The zero-order valence-electron chi connectivity index (χ0n) is 22.8. The van der Waals surface area contributed by atoms with Crippen LogP contribution in [-0.4, -0.2) is 68.2 Å². The summed E-state index contributed by atoms with van der Waals surface area (Å²) in [6.45, 7) is 5.45. The SMILES string of the molecule is CCCCCCCCCCCCCCCCCCNCCC[N+](C)(C)[Si](OC)(OC)OC. The molecule has 0 aliphatic rings. The summed E-state index contributed by atoms with van der Waals surface area (Å²) < 4.78 is 17.6. The average Bonchev–Trinajstić information content (AvgIpc) is 2.79. The van der Waals surface area contributed by atoms with Crippen molar-refractivity contribution in [1.82, 2.24) is 5.32 Å². The van der Waals surface area contributed by atoms with Gasteiger partial charge in [0.2, 0.25) is 0 Å². The third-order valence-corrected chi connectivity index (χ3v) is 10.0. The molecule has 0 aliphatic heterocycles. The third kappa shape index (κ3) is 15.0. The van der Waals surface area contributed by atoms with Gasteiger partial charge in [-0.05, 0) is 13.0 Å². The molecule has 0 heterocycles. The number of nitrogens with zero attached hydrogens (tertiary/aromatic N) is 1. The largest absolute Gasteiger partial charge is 0.783 e. The lowest BCUT2D eigenvalue weighted by Gasteiger charge is -2.39. The van der Waals surface area contributed by atoms with E-state index >= 15 is 0 Å². The predicted octanol–water partition coefficient (Wildman–Crippen LogP) is 6.68. The van der Waals surface area contributed by atoms with Crippen LogP contribution in [0.3, 0.4) is 0 Å². The molecule has 0 aromatic heterocycles. The Morgan fingerprint density at radius 2 is 0.875 bits per heavy atom. The molecule has 0 saturated carbocycles. The smallest absolute Gasteiger partial charge is 0.328 e. The molecule has 194 valence electrons. The Labute approximate surface area is 203 Å². The van der Waals surface area contributed by atoms with E-state index in [2.05, 4.69) is 26.3 Å². The van der Waals surface area contributed by atoms with Gasteiger partial charge in [-0.1, -0.05) is 103 Å². The second-order valence-corrected chi connectivity index (χ2v) is 13.4. The summed E-state index contributed by atoms with van der Waals surface area (Å²) in [5.41, 5.74) is 0. The summed E-state index contributed by atoms with van der Waals surface area (Å²) >= 11 is 0. The van der Waals surface area contributed by atoms with Crippen LogP contribution in [0.1, 0.15) is 116 Å². The Kier molecular flexibility index (Phi) is 21.6. The van der Waals surface area contributed by atoms with Crippen LogP contribution < -0.4 is 5.32 Å². The van der Waals surface area contributed by atoms with E-state index in [0.717, 1.165) is 26.1 Å². The first-order valence-corrected chi connectivity index (χ1v) is 15.4. The number of quaternary nitrogens is 1. The molecule has 6 heteroatoms. The molecule has 0 aliphatic carbocycles. The summed E-state index contributed by atoms with van der Waals surface area (Å²) in [7, 11) is 6.69. The van der Waals surface area contributed by atoms with Gasteiger partial charge in [-0.3, -0.25) is 0 Å². The number of nitrogens with one attached hydrogen (secondary N) is 1. The quantitative estimate of drug-likeness (QED) is 0.118. The van der Waals surface area contributed by atoms with Crippen molar-refractivity contribution in [3.8, 4) is 0 Å². The standard InChI is InChI=1S/C26H59N2O3Si/c1-7-8-9-10-11-12-13-14-15-16-17-18-19-20-21-22-24-27-25-23-26-28(2,3)32(29-4,30-5)31-6/h27H,7-26H2,1-6H3/q+1. The molecule has 0 spiro atoms. The summed E-state index contributed by atoms with van der Waals surface area (Å²) in [4.78, 5) is 0. The molecule has 0 saturated heterocycles. The Morgan fingerprint density at radius 3 is 1.25 bits per heavy atom. The Balaban J connectivity index is 3.38. The zero-order chi connectivity index (χ0) is 24.0. The lowest BCUT2D eigenvalue weighted by molar-refractivity contribution is -0.819. The van der Waals surface area contributed by atoms with E-state index in [1.807, 2.05) is 0 Å². The first-order valence-electron chi connectivity index (χ1n) is 13.7. The fourth-order valence-corrected chi connectivity index (χ4v) is 7.07. The Bertz CT molecular complexity index is 385. The minimum Gasteiger partial charge on any atom is -0.328 e. The maximum Gasteiger partial charge on any atom is 0.783 e. The number of hydrogen-bond acceptors (Lipinski definition) is 4. The molecule has 0 aromatic carbocycles. The molecule has 5 nitrogen and oxygen atoms in total. The normalized spacial score (nSPS) is 12.6. The molecule has 32 heavy (non-hydrogen) atoms. The molecule has 0 atom stereocenters. The van der Waals surface area contributed by atoms with Crippen molar-refractivity contribution in [2.75, 3.05) is 55.1 Å². The molecule has 0 radical (unpaired) electrons. The van der Waals surface area contributed by atoms with Gasteiger partial charge in [0.25, 0.3) is 0 Å².